The van der Waals surface area contributed by atoms with Crippen molar-refractivity contribution in [3.8, 4) is 22.4 Å². The van der Waals surface area contributed by atoms with E-state index in [0.29, 0.717) is 24.3 Å². The minimum atomic E-state index is -0.869. The van der Waals surface area contributed by atoms with Gasteiger partial charge in [-0.15, -0.1) is 0 Å². The van der Waals surface area contributed by atoms with Crippen LogP contribution in [0.15, 0.2) is 59.1 Å². The number of carboxylic acids is 1. The second-order valence-electron chi connectivity index (χ2n) is 6.16. The van der Waals surface area contributed by atoms with Crippen molar-refractivity contribution in [1.82, 2.24) is 10.5 Å². The summed E-state index contributed by atoms with van der Waals surface area (Å²) in [6.07, 6.45) is 0.438. The molecule has 1 aromatic heterocycles. The van der Waals surface area contributed by atoms with Crippen LogP contribution in [0.5, 0.6) is 0 Å². The highest BCUT2D eigenvalue weighted by molar-refractivity contribution is 5.95. The van der Waals surface area contributed by atoms with Gasteiger partial charge in [-0.1, -0.05) is 47.6 Å². The maximum atomic E-state index is 12.2. The van der Waals surface area contributed by atoms with E-state index in [1.165, 1.54) is 0 Å². The van der Waals surface area contributed by atoms with Gasteiger partial charge in [-0.3, -0.25) is 9.59 Å². The Morgan fingerprint density at radius 2 is 1.74 bits per heavy atom. The van der Waals surface area contributed by atoms with Gasteiger partial charge in [0.15, 0.2) is 0 Å². The lowest BCUT2D eigenvalue weighted by atomic mass is 9.98. The molecule has 2 N–H and O–H groups in total. The molecule has 0 aliphatic rings. The summed E-state index contributed by atoms with van der Waals surface area (Å²) in [5.41, 5.74) is 4.05. The van der Waals surface area contributed by atoms with E-state index in [4.69, 9.17) is 9.63 Å². The second-order valence-corrected chi connectivity index (χ2v) is 6.16. The van der Waals surface area contributed by atoms with Crippen LogP contribution in [0.2, 0.25) is 0 Å². The average Bonchev–Trinajstić information content (AvgIpc) is 3.07. The first-order valence-corrected chi connectivity index (χ1v) is 8.68. The van der Waals surface area contributed by atoms with Gasteiger partial charge >= 0.3 is 5.97 Å². The van der Waals surface area contributed by atoms with Crippen LogP contribution in [0.25, 0.3) is 22.4 Å². The molecule has 0 saturated heterocycles. The molecule has 0 bridgehead atoms. The highest BCUT2D eigenvalue weighted by Gasteiger charge is 2.17. The number of carbonyl (C=O) groups is 2. The van der Waals surface area contributed by atoms with E-state index in [2.05, 4.69) is 10.5 Å². The third kappa shape index (κ3) is 4.41. The Morgan fingerprint density at radius 1 is 1.04 bits per heavy atom. The number of carboxylic acid groups (broad SMARTS) is 1. The summed E-state index contributed by atoms with van der Waals surface area (Å²) in [5.74, 6) is -0.385. The standard InChI is InChI=1S/C21H20N2O4/c1-14-19(20(23-27-14)16-6-3-2-4-7-16)15-9-11-17(12-10-15)21(26)22-13-5-8-18(24)25/h2-4,6-7,9-12H,5,8,13H2,1H3,(H,22,26)(H,24,25). The fraction of sp³-hybridized carbons (Fsp3) is 0.190. The van der Waals surface area contributed by atoms with Gasteiger partial charge in [0.1, 0.15) is 11.5 Å². The molecule has 0 fully saturated rings. The highest BCUT2D eigenvalue weighted by atomic mass is 16.5. The molecule has 3 aromatic rings. The highest BCUT2D eigenvalue weighted by Crippen LogP contribution is 2.34. The van der Waals surface area contributed by atoms with Crippen molar-refractivity contribution >= 4 is 11.9 Å². The first-order chi connectivity index (χ1) is 13.1. The maximum Gasteiger partial charge on any atom is 0.303 e. The number of benzene rings is 2. The van der Waals surface area contributed by atoms with E-state index < -0.39 is 5.97 Å². The van der Waals surface area contributed by atoms with Crippen molar-refractivity contribution in [3.63, 3.8) is 0 Å². The molecule has 1 amide bonds. The molecule has 0 radical (unpaired) electrons. The van der Waals surface area contributed by atoms with Gasteiger partial charge in [-0.2, -0.15) is 0 Å². The van der Waals surface area contributed by atoms with Crippen LogP contribution >= 0.6 is 0 Å². The van der Waals surface area contributed by atoms with E-state index in [-0.39, 0.29) is 12.3 Å². The van der Waals surface area contributed by atoms with Gasteiger partial charge in [-0.05, 0) is 31.0 Å². The van der Waals surface area contributed by atoms with Crippen LogP contribution in [-0.4, -0.2) is 28.7 Å². The van der Waals surface area contributed by atoms with E-state index >= 15 is 0 Å². The minimum Gasteiger partial charge on any atom is -0.481 e. The van der Waals surface area contributed by atoms with Gasteiger partial charge in [0.25, 0.3) is 5.91 Å². The monoisotopic (exact) mass is 364 g/mol. The lowest BCUT2D eigenvalue weighted by Crippen LogP contribution is -2.24. The van der Waals surface area contributed by atoms with Crippen molar-refractivity contribution in [3.05, 3.63) is 65.9 Å². The largest absolute Gasteiger partial charge is 0.481 e. The molecular weight excluding hydrogens is 344 g/mol. The van der Waals surface area contributed by atoms with Crippen molar-refractivity contribution in [2.75, 3.05) is 6.54 Å². The summed E-state index contributed by atoms with van der Waals surface area (Å²) >= 11 is 0. The van der Waals surface area contributed by atoms with Crippen molar-refractivity contribution in [2.45, 2.75) is 19.8 Å². The van der Waals surface area contributed by atoms with Crippen LogP contribution in [0.4, 0.5) is 0 Å². The van der Waals surface area contributed by atoms with Crippen molar-refractivity contribution in [1.29, 1.82) is 0 Å². The first kappa shape index (κ1) is 18.4. The molecule has 6 nitrogen and oxygen atoms in total. The molecule has 6 heteroatoms. The molecule has 0 aliphatic carbocycles. The van der Waals surface area contributed by atoms with Crippen molar-refractivity contribution < 1.29 is 19.2 Å². The zero-order valence-corrected chi connectivity index (χ0v) is 14.9. The number of aryl methyl sites for hydroxylation is 1. The third-order valence-corrected chi connectivity index (χ3v) is 4.20. The number of nitrogens with zero attached hydrogens (tertiary/aromatic N) is 1. The first-order valence-electron chi connectivity index (χ1n) is 8.68. The number of aromatic nitrogens is 1. The molecule has 2 aromatic carbocycles. The van der Waals surface area contributed by atoms with E-state index in [1.54, 1.807) is 12.1 Å². The number of rotatable bonds is 7. The molecule has 138 valence electrons. The number of hydrogen-bond donors (Lipinski definition) is 2. The molecule has 0 saturated carbocycles. The van der Waals surface area contributed by atoms with Gasteiger partial charge in [0.2, 0.25) is 0 Å². The molecule has 27 heavy (non-hydrogen) atoms. The van der Waals surface area contributed by atoms with E-state index in [0.717, 1.165) is 22.4 Å². The van der Waals surface area contributed by atoms with Gasteiger partial charge in [0, 0.05) is 24.1 Å². The number of amides is 1. The minimum absolute atomic E-state index is 0.0360. The molecule has 0 atom stereocenters. The number of nitrogens with one attached hydrogen (secondary N) is 1. The lowest BCUT2D eigenvalue weighted by molar-refractivity contribution is -0.137. The topological polar surface area (TPSA) is 92.4 Å². The maximum absolute atomic E-state index is 12.2. The number of carbonyl (C=O) groups excluding carboxylic acids is 1. The molecule has 1 heterocycles. The normalized spacial score (nSPS) is 10.6. The fourth-order valence-electron chi connectivity index (χ4n) is 2.84. The summed E-state index contributed by atoms with van der Waals surface area (Å²) in [6, 6.07) is 17.0. The van der Waals surface area contributed by atoms with Crippen LogP contribution in [0, 0.1) is 6.92 Å². The Labute approximate surface area is 156 Å². The Morgan fingerprint density at radius 3 is 2.41 bits per heavy atom. The predicted octanol–water partition coefficient (Wildman–Crippen LogP) is 3.91. The lowest BCUT2D eigenvalue weighted by Gasteiger charge is -2.07. The molecule has 0 spiro atoms. The van der Waals surface area contributed by atoms with Crippen LogP contribution in [0.3, 0.4) is 0 Å². The predicted molar refractivity (Wildman–Crippen MR) is 101 cm³/mol. The summed E-state index contributed by atoms with van der Waals surface area (Å²) in [6.45, 7) is 2.19. The SMILES string of the molecule is Cc1onc(-c2ccccc2)c1-c1ccc(C(=O)NCCCC(=O)O)cc1. The van der Waals surface area contributed by atoms with E-state index in [9.17, 15) is 9.59 Å². The Balaban J connectivity index is 1.76. The van der Waals surface area contributed by atoms with E-state index in [1.807, 2.05) is 49.4 Å². The van der Waals surface area contributed by atoms with Crippen LogP contribution < -0.4 is 5.32 Å². The Hall–Kier alpha value is -3.41. The summed E-state index contributed by atoms with van der Waals surface area (Å²) in [5, 5.41) is 15.5. The molecule has 0 unspecified atom stereocenters. The smallest absolute Gasteiger partial charge is 0.303 e. The van der Waals surface area contributed by atoms with Gasteiger partial charge < -0.3 is 14.9 Å². The van der Waals surface area contributed by atoms with Crippen LogP contribution in [0.1, 0.15) is 29.0 Å². The molecule has 0 aliphatic heterocycles. The zero-order valence-electron chi connectivity index (χ0n) is 14.9. The second kappa shape index (κ2) is 8.31. The summed E-state index contributed by atoms with van der Waals surface area (Å²) in [7, 11) is 0. The average molecular weight is 364 g/mol. The van der Waals surface area contributed by atoms with Crippen molar-refractivity contribution in [2.24, 2.45) is 0 Å². The Bertz CT molecular complexity index is 931. The summed E-state index contributed by atoms with van der Waals surface area (Å²) in [4.78, 5) is 22.6. The fourth-order valence-corrected chi connectivity index (χ4v) is 2.84. The summed E-state index contributed by atoms with van der Waals surface area (Å²) < 4.78 is 5.39. The van der Waals surface area contributed by atoms with Gasteiger partial charge in [-0.25, -0.2) is 0 Å². The number of hydrogen-bond acceptors (Lipinski definition) is 4. The molecule has 3 rings (SSSR count). The number of aliphatic carboxylic acids is 1. The molecular formula is C21H20N2O4. The Kier molecular flexibility index (Phi) is 5.66. The zero-order chi connectivity index (χ0) is 19.2. The van der Waals surface area contributed by atoms with Crippen LogP contribution in [-0.2, 0) is 4.79 Å². The third-order valence-electron chi connectivity index (χ3n) is 4.20. The van der Waals surface area contributed by atoms with Gasteiger partial charge in [0.05, 0.1) is 5.56 Å². The quantitative estimate of drug-likeness (QED) is 0.620.